The van der Waals surface area contributed by atoms with Gasteiger partial charge in [-0.25, -0.2) is 0 Å². The van der Waals surface area contributed by atoms with Gasteiger partial charge >= 0.3 is 0 Å². The van der Waals surface area contributed by atoms with Gasteiger partial charge in [0.1, 0.15) is 0 Å². The highest BCUT2D eigenvalue weighted by Gasteiger charge is 2.22. The highest BCUT2D eigenvalue weighted by atomic mass is 35.5. The number of anilines is 3. The molecule has 2 heterocycles. The first kappa shape index (κ1) is 13.1. The molecule has 0 spiro atoms. The van der Waals surface area contributed by atoms with Crippen molar-refractivity contribution in [3.63, 3.8) is 0 Å². The summed E-state index contributed by atoms with van der Waals surface area (Å²) in [6.07, 6.45) is 2.00. The third-order valence-corrected chi connectivity index (χ3v) is 3.43. The van der Waals surface area contributed by atoms with Crippen molar-refractivity contribution in [1.29, 1.82) is 0 Å². The Hall–Kier alpha value is -1.88. The van der Waals surface area contributed by atoms with Gasteiger partial charge in [0.05, 0.1) is 0 Å². The van der Waals surface area contributed by atoms with Crippen molar-refractivity contribution in [3.05, 3.63) is 35.1 Å². The van der Waals surface area contributed by atoms with Crippen molar-refractivity contribution >= 4 is 29.2 Å². The van der Waals surface area contributed by atoms with E-state index in [1.807, 2.05) is 6.07 Å². The smallest absolute Gasteiger partial charge is 0.236 e. The number of para-hydroxylation sites is 1. The van der Waals surface area contributed by atoms with Gasteiger partial charge in [0.25, 0.3) is 0 Å². The molecule has 0 saturated heterocycles. The Morgan fingerprint density at radius 2 is 2.10 bits per heavy atom. The van der Waals surface area contributed by atoms with E-state index in [9.17, 15) is 0 Å². The second-order valence-electron chi connectivity index (χ2n) is 4.69. The average Bonchev–Trinajstić information content (AvgIpc) is 2.88. The van der Waals surface area contributed by atoms with Crippen LogP contribution >= 0.6 is 11.6 Å². The Kier molecular flexibility index (Phi) is 3.69. The third-order valence-electron chi connectivity index (χ3n) is 3.26. The lowest BCUT2D eigenvalue weighted by molar-refractivity contribution is 0.899. The largest absolute Gasteiger partial charge is 0.354 e. The van der Waals surface area contributed by atoms with E-state index in [0.29, 0.717) is 11.9 Å². The van der Waals surface area contributed by atoms with E-state index < -0.39 is 0 Å². The maximum atomic E-state index is 6.01. The molecule has 1 aliphatic heterocycles. The van der Waals surface area contributed by atoms with Crippen molar-refractivity contribution in [1.82, 2.24) is 15.0 Å². The number of hydrogen-bond donors (Lipinski definition) is 1. The third kappa shape index (κ3) is 2.54. The lowest BCUT2D eigenvalue weighted by Crippen LogP contribution is -2.18. The molecule has 1 aliphatic rings. The standard InChI is InChI=1S/C14H16ClN5/c1-2-8-16-13-17-12(15)18-14(19-13)20-9-7-10-5-3-4-6-11(10)20/h3-6H,2,7-9H2,1H3,(H,16,17,18,19). The van der Waals surface area contributed by atoms with Crippen LogP contribution in [0.4, 0.5) is 17.6 Å². The predicted molar refractivity (Wildman–Crippen MR) is 80.8 cm³/mol. The molecule has 0 atom stereocenters. The molecule has 0 radical (unpaired) electrons. The van der Waals surface area contributed by atoms with Crippen molar-refractivity contribution in [3.8, 4) is 0 Å². The highest BCUT2D eigenvalue weighted by Crippen LogP contribution is 2.32. The topological polar surface area (TPSA) is 53.9 Å². The molecule has 3 rings (SSSR count). The number of fused-ring (bicyclic) bond motifs is 1. The average molecular weight is 290 g/mol. The summed E-state index contributed by atoms with van der Waals surface area (Å²) < 4.78 is 0. The van der Waals surface area contributed by atoms with Crippen molar-refractivity contribution in [2.24, 2.45) is 0 Å². The maximum Gasteiger partial charge on any atom is 0.236 e. The molecule has 0 amide bonds. The number of halogens is 1. The lowest BCUT2D eigenvalue weighted by atomic mass is 10.2. The number of aromatic nitrogens is 3. The number of rotatable bonds is 4. The van der Waals surface area contributed by atoms with Gasteiger partial charge in [0, 0.05) is 18.8 Å². The zero-order valence-electron chi connectivity index (χ0n) is 11.3. The summed E-state index contributed by atoms with van der Waals surface area (Å²) in [5.74, 6) is 1.14. The van der Waals surface area contributed by atoms with Crippen LogP contribution in [0.3, 0.4) is 0 Å². The Morgan fingerprint density at radius 1 is 1.25 bits per heavy atom. The van der Waals surface area contributed by atoms with Crippen LogP contribution in [0.15, 0.2) is 24.3 Å². The monoisotopic (exact) mass is 289 g/mol. The first-order valence-corrected chi connectivity index (χ1v) is 7.16. The lowest BCUT2D eigenvalue weighted by Gasteiger charge is -2.17. The van der Waals surface area contributed by atoms with Gasteiger partial charge in [0.15, 0.2) is 0 Å². The van der Waals surface area contributed by atoms with E-state index in [-0.39, 0.29) is 5.28 Å². The zero-order valence-corrected chi connectivity index (χ0v) is 12.1. The Morgan fingerprint density at radius 3 is 2.95 bits per heavy atom. The minimum Gasteiger partial charge on any atom is -0.354 e. The van der Waals surface area contributed by atoms with E-state index >= 15 is 0 Å². The fourth-order valence-electron chi connectivity index (χ4n) is 2.32. The van der Waals surface area contributed by atoms with E-state index in [0.717, 1.165) is 31.6 Å². The van der Waals surface area contributed by atoms with Crippen LogP contribution in [0.5, 0.6) is 0 Å². The molecule has 2 aromatic rings. The van der Waals surface area contributed by atoms with Crippen LogP contribution in [-0.2, 0) is 6.42 Å². The first-order valence-electron chi connectivity index (χ1n) is 6.79. The van der Waals surface area contributed by atoms with Crippen LogP contribution in [0.2, 0.25) is 5.28 Å². The van der Waals surface area contributed by atoms with Gasteiger partial charge in [-0.05, 0) is 36.1 Å². The summed E-state index contributed by atoms with van der Waals surface area (Å²) in [5, 5.41) is 3.37. The van der Waals surface area contributed by atoms with Crippen LogP contribution in [0.1, 0.15) is 18.9 Å². The summed E-state index contributed by atoms with van der Waals surface area (Å²) in [5.41, 5.74) is 2.46. The second kappa shape index (κ2) is 5.63. The molecule has 104 valence electrons. The van der Waals surface area contributed by atoms with E-state index in [2.05, 4.69) is 50.3 Å². The molecular weight excluding hydrogens is 274 g/mol. The summed E-state index contributed by atoms with van der Waals surface area (Å²) in [4.78, 5) is 14.9. The molecule has 1 aromatic carbocycles. The van der Waals surface area contributed by atoms with Crippen molar-refractivity contribution in [2.75, 3.05) is 23.3 Å². The van der Waals surface area contributed by atoms with Gasteiger partial charge in [0.2, 0.25) is 17.2 Å². The molecular formula is C14H16ClN5. The Bertz CT molecular complexity index is 616. The molecule has 20 heavy (non-hydrogen) atoms. The fourth-order valence-corrected chi connectivity index (χ4v) is 2.48. The van der Waals surface area contributed by atoms with Crippen molar-refractivity contribution in [2.45, 2.75) is 19.8 Å². The number of nitrogens with zero attached hydrogens (tertiary/aromatic N) is 4. The minimum absolute atomic E-state index is 0.220. The molecule has 1 aromatic heterocycles. The molecule has 0 fully saturated rings. The van der Waals surface area contributed by atoms with E-state index in [4.69, 9.17) is 11.6 Å². The summed E-state index contributed by atoms with van der Waals surface area (Å²) in [7, 11) is 0. The second-order valence-corrected chi connectivity index (χ2v) is 5.02. The molecule has 5 nitrogen and oxygen atoms in total. The SMILES string of the molecule is CCCNc1nc(Cl)nc(N2CCc3ccccc32)n1. The van der Waals surface area contributed by atoms with Gasteiger partial charge in [-0.3, -0.25) is 0 Å². The summed E-state index contributed by atoms with van der Waals surface area (Å²) >= 11 is 6.01. The van der Waals surface area contributed by atoms with Crippen molar-refractivity contribution < 1.29 is 0 Å². The number of hydrogen-bond acceptors (Lipinski definition) is 5. The van der Waals surface area contributed by atoms with Gasteiger partial charge in [-0.2, -0.15) is 15.0 Å². The molecule has 0 aliphatic carbocycles. The minimum atomic E-state index is 0.220. The zero-order chi connectivity index (χ0) is 13.9. The van der Waals surface area contributed by atoms with Crippen LogP contribution < -0.4 is 10.2 Å². The number of nitrogens with one attached hydrogen (secondary N) is 1. The van der Waals surface area contributed by atoms with Gasteiger partial charge in [-0.15, -0.1) is 0 Å². The quantitative estimate of drug-likeness (QED) is 0.937. The Labute approximate surface area is 123 Å². The maximum absolute atomic E-state index is 6.01. The molecule has 0 saturated carbocycles. The number of benzene rings is 1. The first-order chi connectivity index (χ1) is 9.78. The van der Waals surface area contributed by atoms with Crippen LogP contribution in [0.25, 0.3) is 0 Å². The molecule has 0 bridgehead atoms. The van der Waals surface area contributed by atoms with E-state index in [1.54, 1.807) is 0 Å². The van der Waals surface area contributed by atoms with E-state index in [1.165, 1.54) is 5.56 Å². The fraction of sp³-hybridized carbons (Fsp3) is 0.357. The summed E-state index contributed by atoms with van der Waals surface area (Å²) in [6, 6.07) is 8.29. The van der Waals surface area contributed by atoms with Gasteiger partial charge in [-0.1, -0.05) is 25.1 Å². The normalized spacial score (nSPS) is 13.4. The van der Waals surface area contributed by atoms with Gasteiger partial charge < -0.3 is 10.2 Å². The highest BCUT2D eigenvalue weighted by molar-refractivity contribution is 6.28. The summed E-state index contributed by atoms with van der Waals surface area (Å²) in [6.45, 7) is 3.77. The predicted octanol–water partition coefficient (Wildman–Crippen LogP) is 3.04. The Balaban J connectivity index is 1.93. The molecule has 1 N–H and O–H groups in total. The molecule has 0 unspecified atom stereocenters. The molecule has 6 heteroatoms. The van der Waals surface area contributed by atoms with Crippen LogP contribution in [-0.4, -0.2) is 28.0 Å². The van der Waals surface area contributed by atoms with Crippen LogP contribution in [0, 0.1) is 0 Å².